The van der Waals surface area contributed by atoms with E-state index < -0.39 is 0 Å². The molecule has 1 aliphatic carbocycles. The number of rotatable bonds is 3. The van der Waals surface area contributed by atoms with Crippen molar-refractivity contribution in [3.8, 4) is 11.3 Å². The SMILES string of the molecule is CC1CCCCN1CCc1cc2cccoc-2c1. The van der Waals surface area contributed by atoms with Crippen LogP contribution in [0.3, 0.4) is 0 Å². The molecule has 1 saturated heterocycles. The van der Waals surface area contributed by atoms with E-state index in [1.165, 1.54) is 43.5 Å². The Balaban J connectivity index is 1.64. The van der Waals surface area contributed by atoms with Gasteiger partial charge < -0.3 is 9.32 Å². The van der Waals surface area contributed by atoms with E-state index in [-0.39, 0.29) is 0 Å². The van der Waals surface area contributed by atoms with Gasteiger partial charge in [-0.1, -0.05) is 6.42 Å². The Morgan fingerprint density at radius 2 is 2.28 bits per heavy atom. The summed E-state index contributed by atoms with van der Waals surface area (Å²) in [4.78, 5) is 2.62. The van der Waals surface area contributed by atoms with E-state index in [2.05, 4.69) is 30.0 Å². The minimum Gasteiger partial charge on any atom is -0.464 e. The maximum absolute atomic E-state index is 5.49. The van der Waals surface area contributed by atoms with Gasteiger partial charge in [0, 0.05) is 18.2 Å². The second-order valence-corrected chi connectivity index (χ2v) is 5.43. The van der Waals surface area contributed by atoms with Crippen molar-refractivity contribution in [1.29, 1.82) is 0 Å². The van der Waals surface area contributed by atoms with Crippen molar-refractivity contribution in [2.24, 2.45) is 0 Å². The molecule has 2 nitrogen and oxygen atoms in total. The highest BCUT2D eigenvalue weighted by atomic mass is 16.3. The van der Waals surface area contributed by atoms with Crippen molar-refractivity contribution in [2.45, 2.75) is 38.6 Å². The lowest BCUT2D eigenvalue weighted by molar-refractivity contribution is 0.163. The van der Waals surface area contributed by atoms with Crippen LogP contribution in [0.5, 0.6) is 0 Å². The Bertz CT molecular complexity index is 446. The van der Waals surface area contributed by atoms with Crippen LogP contribution in [0.1, 0.15) is 31.7 Å². The van der Waals surface area contributed by atoms with Crippen LogP contribution in [-0.2, 0) is 6.42 Å². The molecule has 2 heteroatoms. The van der Waals surface area contributed by atoms with Crippen molar-refractivity contribution in [3.05, 3.63) is 36.1 Å². The molecule has 1 unspecified atom stereocenters. The standard InChI is InChI=1S/C16H21NO/c1-13-5-2-3-8-17(13)9-7-14-11-15-6-4-10-18-16(15)12-14/h4,6,10-13H,2-3,5,7-9H2,1H3. The first-order chi connectivity index (χ1) is 8.83. The third-order valence-corrected chi connectivity index (χ3v) is 4.12. The van der Waals surface area contributed by atoms with Crippen LogP contribution in [0.2, 0.25) is 0 Å². The second kappa shape index (κ2) is 5.15. The summed E-state index contributed by atoms with van der Waals surface area (Å²) in [6.07, 6.45) is 7.01. The van der Waals surface area contributed by atoms with Crippen LogP contribution in [0.25, 0.3) is 11.3 Å². The van der Waals surface area contributed by atoms with E-state index >= 15 is 0 Å². The molecule has 0 radical (unpaired) electrons. The summed E-state index contributed by atoms with van der Waals surface area (Å²) >= 11 is 0. The molecular weight excluding hydrogens is 222 g/mol. The molecule has 0 aromatic carbocycles. The number of likely N-dealkylation sites (tertiary alicyclic amines) is 1. The molecule has 0 spiro atoms. The van der Waals surface area contributed by atoms with E-state index in [4.69, 9.17) is 4.42 Å². The molecule has 2 heterocycles. The van der Waals surface area contributed by atoms with Crippen molar-refractivity contribution in [2.75, 3.05) is 13.1 Å². The molecule has 18 heavy (non-hydrogen) atoms. The molecule has 0 aromatic heterocycles. The fourth-order valence-electron chi connectivity index (χ4n) is 2.96. The molecule has 0 saturated carbocycles. The molecule has 96 valence electrons. The van der Waals surface area contributed by atoms with Gasteiger partial charge in [0.25, 0.3) is 0 Å². The zero-order valence-electron chi connectivity index (χ0n) is 11.1. The Hall–Kier alpha value is -1.28. The van der Waals surface area contributed by atoms with Crippen LogP contribution in [-0.4, -0.2) is 24.0 Å². The molecule has 0 amide bonds. The fourth-order valence-corrected chi connectivity index (χ4v) is 2.96. The van der Waals surface area contributed by atoms with E-state index in [0.29, 0.717) is 0 Å². The van der Waals surface area contributed by atoms with E-state index in [0.717, 1.165) is 18.2 Å². The van der Waals surface area contributed by atoms with Gasteiger partial charge in [-0.3, -0.25) is 0 Å². The summed E-state index contributed by atoms with van der Waals surface area (Å²) in [7, 11) is 0. The Morgan fingerprint density at radius 1 is 1.33 bits per heavy atom. The summed E-state index contributed by atoms with van der Waals surface area (Å²) in [6.45, 7) is 4.80. The topological polar surface area (TPSA) is 16.4 Å². The minimum atomic E-state index is 0.757. The number of hydrogen-bond acceptors (Lipinski definition) is 2. The molecule has 0 bridgehead atoms. The average Bonchev–Trinajstić information content (AvgIpc) is 2.80. The smallest absolute Gasteiger partial charge is 0.134 e. The van der Waals surface area contributed by atoms with Gasteiger partial charge in [-0.15, -0.1) is 0 Å². The molecule has 0 N–H and O–H groups in total. The summed E-state index contributed by atoms with van der Waals surface area (Å²) in [5.41, 5.74) is 2.62. The van der Waals surface area contributed by atoms with Crippen LogP contribution in [0.15, 0.2) is 34.9 Å². The third-order valence-electron chi connectivity index (χ3n) is 4.12. The molecule has 0 aromatic rings. The lowest BCUT2D eigenvalue weighted by Gasteiger charge is -2.33. The predicted octanol–water partition coefficient (Wildman–Crippen LogP) is 3.80. The summed E-state index contributed by atoms with van der Waals surface area (Å²) in [6, 6.07) is 9.27. The first-order valence-corrected chi connectivity index (χ1v) is 7.03. The minimum absolute atomic E-state index is 0.757. The van der Waals surface area contributed by atoms with Gasteiger partial charge in [0.1, 0.15) is 5.76 Å². The predicted molar refractivity (Wildman–Crippen MR) is 73.9 cm³/mol. The summed E-state index contributed by atoms with van der Waals surface area (Å²) in [5, 5.41) is 0. The van der Waals surface area contributed by atoms with Crippen LogP contribution < -0.4 is 0 Å². The first kappa shape index (κ1) is 11.8. The van der Waals surface area contributed by atoms with Crippen molar-refractivity contribution >= 4 is 0 Å². The van der Waals surface area contributed by atoms with E-state index in [9.17, 15) is 0 Å². The van der Waals surface area contributed by atoms with Gasteiger partial charge in [0.2, 0.25) is 0 Å². The second-order valence-electron chi connectivity index (χ2n) is 5.43. The normalized spacial score (nSPS) is 21.5. The van der Waals surface area contributed by atoms with E-state index in [1.54, 1.807) is 6.26 Å². The highest BCUT2D eigenvalue weighted by Gasteiger charge is 2.18. The Labute approximate surface area is 109 Å². The maximum Gasteiger partial charge on any atom is 0.134 e. The van der Waals surface area contributed by atoms with Gasteiger partial charge in [0.15, 0.2) is 0 Å². The quantitative estimate of drug-likeness (QED) is 0.815. The molecule has 1 atom stereocenters. The van der Waals surface area contributed by atoms with Crippen LogP contribution in [0, 0.1) is 0 Å². The monoisotopic (exact) mass is 243 g/mol. The zero-order chi connectivity index (χ0) is 12.4. The summed E-state index contributed by atoms with van der Waals surface area (Å²) in [5.74, 6) is 1.01. The largest absolute Gasteiger partial charge is 0.464 e. The number of fused-ring (bicyclic) bond motifs is 1. The Morgan fingerprint density at radius 3 is 3.11 bits per heavy atom. The third kappa shape index (κ3) is 2.44. The van der Waals surface area contributed by atoms with Crippen molar-refractivity contribution in [1.82, 2.24) is 4.90 Å². The van der Waals surface area contributed by atoms with Crippen molar-refractivity contribution < 1.29 is 4.42 Å². The van der Waals surface area contributed by atoms with Gasteiger partial charge in [-0.25, -0.2) is 0 Å². The average molecular weight is 243 g/mol. The highest BCUT2D eigenvalue weighted by Crippen LogP contribution is 2.26. The van der Waals surface area contributed by atoms with Gasteiger partial charge in [0.05, 0.1) is 6.26 Å². The van der Waals surface area contributed by atoms with Crippen molar-refractivity contribution in [3.63, 3.8) is 0 Å². The van der Waals surface area contributed by atoms with Crippen LogP contribution >= 0.6 is 0 Å². The molecular formula is C16H21NO. The molecule has 3 rings (SSSR count). The fraction of sp³-hybridized carbons (Fsp3) is 0.500. The van der Waals surface area contributed by atoms with Gasteiger partial charge in [-0.05, 0) is 62.6 Å². The molecule has 3 aliphatic rings. The number of piperidine rings is 1. The van der Waals surface area contributed by atoms with Crippen LogP contribution in [0.4, 0.5) is 0 Å². The lowest BCUT2D eigenvalue weighted by atomic mass is 10.0. The number of nitrogens with zero attached hydrogens (tertiary/aromatic N) is 1. The zero-order valence-corrected chi connectivity index (χ0v) is 11.1. The lowest BCUT2D eigenvalue weighted by Crippen LogP contribution is -2.38. The van der Waals surface area contributed by atoms with Gasteiger partial charge >= 0.3 is 0 Å². The highest BCUT2D eigenvalue weighted by molar-refractivity contribution is 5.62. The Kier molecular flexibility index (Phi) is 3.37. The van der Waals surface area contributed by atoms with Gasteiger partial charge in [-0.2, -0.15) is 0 Å². The molecule has 1 fully saturated rings. The van der Waals surface area contributed by atoms with E-state index in [1.807, 2.05) is 6.07 Å². The number of hydrogen-bond donors (Lipinski definition) is 0. The first-order valence-electron chi connectivity index (χ1n) is 7.03. The summed E-state index contributed by atoms with van der Waals surface area (Å²) < 4.78 is 5.49. The maximum atomic E-state index is 5.49. The molecule has 2 aliphatic heterocycles.